The summed E-state index contributed by atoms with van der Waals surface area (Å²) < 4.78 is 1.81. The van der Waals surface area contributed by atoms with Gasteiger partial charge in [-0.2, -0.15) is 0 Å². The highest BCUT2D eigenvalue weighted by atomic mass is 32.1. The Hall–Kier alpha value is -4.18. The maximum atomic E-state index is 13.4. The number of nitro groups is 1. The number of non-ortho nitro benzene ring substituents is 1. The molecular formula is C20H12N6O3S. The molecule has 0 aliphatic rings. The Labute approximate surface area is 172 Å². The van der Waals surface area contributed by atoms with Crippen LogP contribution in [-0.4, -0.2) is 24.4 Å². The van der Waals surface area contributed by atoms with Gasteiger partial charge in [0.05, 0.1) is 10.6 Å². The molecule has 3 heterocycles. The van der Waals surface area contributed by atoms with Crippen molar-refractivity contribution in [2.75, 3.05) is 5.32 Å². The number of para-hydroxylation sites is 1. The summed E-state index contributed by atoms with van der Waals surface area (Å²) in [6, 6.07) is 15.1. The molecule has 3 aromatic heterocycles. The molecule has 2 aromatic carbocycles. The lowest BCUT2D eigenvalue weighted by molar-refractivity contribution is -0.384. The SMILES string of the molecule is O=c1c2sc3nccnc3c2nc(Nc2ccccc2)n1-c1ccc([N+](=O)[O-])cc1. The van der Waals surface area contributed by atoms with E-state index in [4.69, 9.17) is 0 Å². The molecule has 0 saturated heterocycles. The Morgan fingerprint density at radius 3 is 2.43 bits per heavy atom. The topological polar surface area (TPSA) is 116 Å². The maximum Gasteiger partial charge on any atom is 0.277 e. The first-order valence-corrected chi connectivity index (χ1v) is 9.66. The second kappa shape index (κ2) is 7.01. The first-order valence-electron chi connectivity index (χ1n) is 8.85. The molecule has 0 bridgehead atoms. The van der Waals surface area contributed by atoms with Crippen LogP contribution in [0.25, 0.3) is 26.3 Å². The number of nitro benzene ring substituents is 1. The monoisotopic (exact) mass is 416 g/mol. The second-order valence-corrected chi connectivity index (χ2v) is 7.33. The Balaban J connectivity index is 1.79. The third kappa shape index (κ3) is 2.95. The first-order chi connectivity index (χ1) is 14.6. The van der Waals surface area contributed by atoms with Crippen molar-refractivity contribution in [2.24, 2.45) is 0 Å². The highest BCUT2D eigenvalue weighted by Crippen LogP contribution is 2.30. The number of aromatic nitrogens is 4. The standard InChI is InChI=1S/C20H12N6O3S/c27-19-17-15(16-18(30-17)22-11-10-21-16)24-20(23-12-4-2-1-3-5-12)25(19)13-6-8-14(9-7-13)26(28)29/h1-11H,(H,23,24). The lowest BCUT2D eigenvalue weighted by Crippen LogP contribution is -2.22. The lowest BCUT2D eigenvalue weighted by atomic mass is 10.2. The lowest BCUT2D eigenvalue weighted by Gasteiger charge is -2.14. The number of hydrogen-bond donors (Lipinski definition) is 1. The molecule has 0 spiro atoms. The van der Waals surface area contributed by atoms with Crippen LogP contribution in [0.4, 0.5) is 17.3 Å². The van der Waals surface area contributed by atoms with Crippen molar-refractivity contribution in [1.29, 1.82) is 0 Å². The molecule has 10 heteroatoms. The molecule has 0 aliphatic carbocycles. The van der Waals surface area contributed by atoms with E-state index in [-0.39, 0.29) is 17.2 Å². The minimum Gasteiger partial charge on any atom is -0.325 e. The Morgan fingerprint density at radius 1 is 0.967 bits per heavy atom. The fourth-order valence-corrected chi connectivity index (χ4v) is 4.09. The van der Waals surface area contributed by atoms with Crippen LogP contribution >= 0.6 is 11.3 Å². The number of fused-ring (bicyclic) bond motifs is 3. The predicted molar refractivity (Wildman–Crippen MR) is 115 cm³/mol. The van der Waals surface area contributed by atoms with E-state index in [2.05, 4.69) is 20.3 Å². The van der Waals surface area contributed by atoms with Gasteiger partial charge in [0.2, 0.25) is 5.95 Å². The van der Waals surface area contributed by atoms with Crippen molar-refractivity contribution < 1.29 is 4.92 Å². The number of rotatable bonds is 4. The van der Waals surface area contributed by atoms with E-state index in [0.29, 0.717) is 26.3 Å². The quantitative estimate of drug-likeness (QED) is 0.347. The van der Waals surface area contributed by atoms with E-state index in [0.717, 1.165) is 5.69 Å². The molecule has 5 rings (SSSR count). The average molecular weight is 416 g/mol. The van der Waals surface area contributed by atoms with Gasteiger partial charge in [0.25, 0.3) is 11.2 Å². The van der Waals surface area contributed by atoms with Crippen molar-refractivity contribution in [2.45, 2.75) is 0 Å². The molecule has 146 valence electrons. The number of benzene rings is 2. The Morgan fingerprint density at radius 2 is 1.70 bits per heavy atom. The van der Waals surface area contributed by atoms with Crippen LogP contribution in [0, 0.1) is 10.1 Å². The normalized spacial score (nSPS) is 11.1. The zero-order chi connectivity index (χ0) is 20.7. The fourth-order valence-electron chi connectivity index (χ4n) is 3.11. The molecule has 9 nitrogen and oxygen atoms in total. The van der Waals surface area contributed by atoms with Crippen molar-refractivity contribution in [3.8, 4) is 5.69 Å². The van der Waals surface area contributed by atoms with E-state index in [9.17, 15) is 14.9 Å². The summed E-state index contributed by atoms with van der Waals surface area (Å²) >= 11 is 1.21. The van der Waals surface area contributed by atoms with Gasteiger partial charge in [0.15, 0.2) is 0 Å². The van der Waals surface area contributed by atoms with Crippen LogP contribution < -0.4 is 10.9 Å². The highest BCUT2D eigenvalue weighted by molar-refractivity contribution is 7.25. The summed E-state index contributed by atoms with van der Waals surface area (Å²) in [5, 5.41) is 14.2. The van der Waals surface area contributed by atoms with Gasteiger partial charge in [-0.25, -0.2) is 19.5 Å². The fraction of sp³-hybridized carbons (Fsp3) is 0. The zero-order valence-corrected chi connectivity index (χ0v) is 16.0. The van der Waals surface area contributed by atoms with Crippen LogP contribution in [0.1, 0.15) is 0 Å². The summed E-state index contributed by atoms with van der Waals surface area (Å²) in [6.07, 6.45) is 3.12. The molecule has 1 N–H and O–H groups in total. The molecule has 0 amide bonds. The van der Waals surface area contributed by atoms with Crippen molar-refractivity contribution in [3.63, 3.8) is 0 Å². The van der Waals surface area contributed by atoms with Crippen molar-refractivity contribution in [3.05, 3.63) is 87.5 Å². The molecule has 0 unspecified atom stereocenters. The van der Waals surface area contributed by atoms with E-state index in [1.54, 1.807) is 12.4 Å². The van der Waals surface area contributed by atoms with E-state index in [1.807, 2.05) is 30.3 Å². The van der Waals surface area contributed by atoms with E-state index >= 15 is 0 Å². The zero-order valence-electron chi connectivity index (χ0n) is 15.2. The molecule has 0 fully saturated rings. The smallest absolute Gasteiger partial charge is 0.277 e. The molecule has 0 atom stereocenters. The highest BCUT2D eigenvalue weighted by Gasteiger charge is 2.19. The Kier molecular flexibility index (Phi) is 4.18. The van der Waals surface area contributed by atoms with E-state index < -0.39 is 4.92 Å². The molecule has 30 heavy (non-hydrogen) atoms. The number of anilines is 2. The minimum atomic E-state index is -0.486. The summed E-state index contributed by atoms with van der Waals surface area (Å²) in [5.74, 6) is 0.276. The number of thiophene rings is 1. The molecule has 0 radical (unpaired) electrons. The third-order valence-electron chi connectivity index (χ3n) is 4.48. The minimum absolute atomic E-state index is 0.0614. The molecule has 0 aliphatic heterocycles. The van der Waals surface area contributed by atoms with Crippen molar-refractivity contribution in [1.82, 2.24) is 19.5 Å². The van der Waals surface area contributed by atoms with Gasteiger partial charge in [0, 0.05) is 30.2 Å². The molecule has 5 aromatic rings. The van der Waals surface area contributed by atoms with Gasteiger partial charge in [-0.05, 0) is 24.3 Å². The average Bonchev–Trinajstić information content (AvgIpc) is 3.14. The van der Waals surface area contributed by atoms with Gasteiger partial charge >= 0.3 is 0 Å². The van der Waals surface area contributed by atoms with Crippen LogP contribution in [0.2, 0.25) is 0 Å². The Bertz CT molecular complexity index is 1460. The summed E-state index contributed by atoms with van der Waals surface area (Å²) in [6.45, 7) is 0. The van der Waals surface area contributed by atoms with Gasteiger partial charge in [-0.15, -0.1) is 11.3 Å². The maximum absolute atomic E-state index is 13.4. The van der Waals surface area contributed by atoms with Gasteiger partial charge in [-0.1, -0.05) is 18.2 Å². The number of nitrogens with one attached hydrogen (secondary N) is 1. The third-order valence-corrected chi connectivity index (χ3v) is 5.54. The van der Waals surface area contributed by atoms with Crippen LogP contribution in [-0.2, 0) is 0 Å². The summed E-state index contributed by atoms with van der Waals surface area (Å²) in [7, 11) is 0. The number of hydrogen-bond acceptors (Lipinski definition) is 8. The predicted octanol–water partition coefficient (Wildman–Crippen LogP) is 4.04. The van der Waals surface area contributed by atoms with Crippen molar-refractivity contribution >= 4 is 49.2 Å². The summed E-state index contributed by atoms with van der Waals surface area (Å²) in [4.78, 5) is 37.8. The second-order valence-electron chi connectivity index (χ2n) is 6.33. The van der Waals surface area contributed by atoms with Crippen LogP contribution in [0.15, 0.2) is 71.8 Å². The molecule has 0 saturated carbocycles. The molecular weight excluding hydrogens is 404 g/mol. The van der Waals surface area contributed by atoms with Gasteiger partial charge in [-0.3, -0.25) is 14.9 Å². The van der Waals surface area contributed by atoms with Crippen LogP contribution in [0.5, 0.6) is 0 Å². The largest absolute Gasteiger partial charge is 0.325 e. The van der Waals surface area contributed by atoms with Gasteiger partial charge in [0.1, 0.15) is 20.6 Å². The van der Waals surface area contributed by atoms with Crippen LogP contribution in [0.3, 0.4) is 0 Å². The van der Waals surface area contributed by atoms with Gasteiger partial charge < -0.3 is 5.32 Å². The van der Waals surface area contributed by atoms with E-state index in [1.165, 1.54) is 40.2 Å². The number of nitrogens with zero attached hydrogens (tertiary/aromatic N) is 5. The first kappa shape index (κ1) is 17.9. The summed E-state index contributed by atoms with van der Waals surface area (Å²) in [5.41, 5.74) is 1.85.